The number of nitrogens with zero attached hydrogens (tertiary/aromatic N) is 4. The van der Waals surface area contributed by atoms with Crippen molar-refractivity contribution in [3.8, 4) is 0 Å². The van der Waals surface area contributed by atoms with E-state index < -0.39 is 9.84 Å². The Kier molecular flexibility index (Phi) is 4.12. The van der Waals surface area contributed by atoms with Gasteiger partial charge < -0.3 is 19.5 Å². The third kappa shape index (κ3) is 3.34. The van der Waals surface area contributed by atoms with E-state index in [0.29, 0.717) is 12.5 Å². The summed E-state index contributed by atoms with van der Waals surface area (Å²) in [6, 6.07) is 3.66. The number of sulfone groups is 1. The summed E-state index contributed by atoms with van der Waals surface area (Å²) in [7, 11) is -1.08. The summed E-state index contributed by atoms with van der Waals surface area (Å²) in [6.45, 7) is 2.13. The first-order chi connectivity index (χ1) is 12.0. The maximum atomic E-state index is 12.0. The average molecular weight is 363 g/mol. The van der Waals surface area contributed by atoms with Crippen LogP contribution in [0.5, 0.6) is 0 Å². The molecule has 2 aliphatic heterocycles. The largest absolute Gasteiger partial charge is 0.472 e. The summed E-state index contributed by atoms with van der Waals surface area (Å²) < 4.78 is 29.1. The Bertz CT molecular complexity index is 839. The monoisotopic (exact) mass is 363 g/mol. The summed E-state index contributed by atoms with van der Waals surface area (Å²) in [5.41, 5.74) is 1.04. The molecule has 25 heavy (non-hydrogen) atoms. The predicted molar refractivity (Wildman–Crippen MR) is 94.4 cm³/mol. The first kappa shape index (κ1) is 16.3. The van der Waals surface area contributed by atoms with E-state index in [1.807, 2.05) is 24.1 Å². The molecule has 9 heteroatoms. The second-order valence-electron chi connectivity index (χ2n) is 6.60. The smallest absolute Gasteiger partial charge is 0.227 e. The lowest BCUT2D eigenvalue weighted by Gasteiger charge is -2.38. The van der Waals surface area contributed by atoms with Gasteiger partial charge in [-0.05, 0) is 12.1 Å². The molecule has 2 aliphatic rings. The van der Waals surface area contributed by atoms with Crippen LogP contribution >= 0.6 is 0 Å². The highest BCUT2D eigenvalue weighted by Gasteiger charge is 2.43. The molecule has 0 unspecified atom stereocenters. The van der Waals surface area contributed by atoms with E-state index >= 15 is 0 Å². The number of hydrogen-bond acceptors (Lipinski definition) is 8. The van der Waals surface area contributed by atoms with Gasteiger partial charge in [0.25, 0.3) is 0 Å². The molecule has 1 N–H and O–H groups in total. The van der Waals surface area contributed by atoms with Crippen molar-refractivity contribution in [2.24, 2.45) is 0 Å². The van der Waals surface area contributed by atoms with E-state index in [4.69, 9.17) is 4.42 Å². The Balaban J connectivity index is 1.56. The number of fused-ring (bicyclic) bond motifs is 1. The van der Waals surface area contributed by atoms with Gasteiger partial charge in [-0.25, -0.2) is 13.4 Å². The topological polar surface area (TPSA) is 91.6 Å². The molecule has 134 valence electrons. The minimum atomic E-state index is -3.00. The molecule has 2 fully saturated rings. The average Bonchev–Trinajstić information content (AvgIpc) is 3.20. The predicted octanol–water partition coefficient (Wildman–Crippen LogP) is 0.281. The highest BCUT2D eigenvalue weighted by molar-refractivity contribution is 7.91. The van der Waals surface area contributed by atoms with Crippen LogP contribution in [0.3, 0.4) is 0 Å². The molecule has 2 atom stereocenters. The quantitative estimate of drug-likeness (QED) is 0.828. The summed E-state index contributed by atoms with van der Waals surface area (Å²) in [6.07, 6.45) is 5.07. The van der Waals surface area contributed by atoms with Crippen molar-refractivity contribution in [1.82, 2.24) is 15.3 Å². The van der Waals surface area contributed by atoms with Crippen LogP contribution in [-0.2, 0) is 16.4 Å². The third-order valence-electron chi connectivity index (χ3n) is 4.75. The van der Waals surface area contributed by atoms with Crippen LogP contribution in [0.1, 0.15) is 5.56 Å². The van der Waals surface area contributed by atoms with Crippen LogP contribution in [0.2, 0.25) is 0 Å². The minimum Gasteiger partial charge on any atom is -0.472 e. The molecule has 0 spiro atoms. The molecular formula is C16H21N5O3S. The first-order valence-corrected chi connectivity index (χ1v) is 10.1. The number of piperazine rings is 1. The van der Waals surface area contributed by atoms with E-state index in [1.54, 1.807) is 18.7 Å². The third-order valence-corrected chi connectivity index (χ3v) is 6.46. The molecule has 4 rings (SSSR count). The molecule has 0 radical (unpaired) electrons. The molecule has 0 aromatic carbocycles. The van der Waals surface area contributed by atoms with Crippen molar-refractivity contribution in [3.63, 3.8) is 0 Å². The Labute approximate surface area is 146 Å². The molecule has 0 bridgehead atoms. The Morgan fingerprint density at radius 1 is 1.40 bits per heavy atom. The van der Waals surface area contributed by atoms with Gasteiger partial charge >= 0.3 is 0 Å². The van der Waals surface area contributed by atoms with Gasteiger partial charge in [0.05, 0.1) is 30.1 Å². The Morgan fingerprint density at radius 2 is 2.28 bits per heavy atom. The van der Waals surface area contributed by atoms with Crippen LogP contribution in [-0.4, -0.2) is 62.1 Å². The minimum absolute atomic E-state index is 0.0270. The van der Waals surface area contributed by atoms with Gasteiger partial charge in [0.1, 0.15) is 5.82 Å². The number of nitrogens with one attached hydrogen (secondary N) is 1. The summed E-state index contributed by atoms with van der Waals surface area (Å²) in [5.74, 6) is 1.76. The maximum absolute atomic E-state index is 12.0. The van der Waals surface area contributed by atoms with Gasteiger partial charge in [-0.15, -0.1) is 0 Å². The van der Waals surface area contributed by atoms with E-state index in [1.165, 1.54) is 0 Å². The second kappa shape index (κ2) is 6.30. The zero-order chi connectivity index (χ0) is 17.4. The Morgan fingerprint density at radius 3 is 3.08 bits per heavy atom. The second-order valence-corrected chi connectivity index (χ2v) is 8.75. The normalized spacial score (nSPS) is 24.9. The lowest BCUT2D eigenvalue weighted by Crippen LogP contribution is -2.57. The van der Waals surface area contributed by atoms with E-state index in [9.17, 15) is 8.42 Å². The molecule has 4 heterocycles. The number of furan rings is 1. The number of aromatic nitrogens is 2. The lowest BCUT2D eigenvalue weighted by molar-refractivity contribution is 0.422. The van der Waals surface area contributed by atoms with Gasteiger partial charge in [0, 0.05) is 44.5 Å². The number of hydrogen-bond donors (Lipinski definition) is 1. The lowest BCUT2D eigenvalue weighted by atomic mass is 10.1. The zero-order valence-corrected chi connectivity index (χ0v) is 14.8. The fourth-order valence-electron chi connectivity index (χ4n) is 3.56. The van der Waals surface area contributed by atoms with Crippen molar-refractivity contribution in [2.45, 2.75) is 18.6 Å². The molecule has 2 saturated heterocycles. The van der Waals surface area contributed by atoms with Crippen molar-refractivity contribution >= 4 is 21.6 Å². The first-order valence-electron chi connectivity index (χ1n) is 8.27. The molecular weight excluding hydrogens is 342 g/mol. The van der Waals surface area contributed by atoms with Crippen LogP contribution < -0.4 is 15.1 Å². The summed E-state index contributed by atoms with van der Waals surface area (Å²) in [5, 5.41) is 3.32. The molecule has 2 aromatic heterocycles. The summed E-state index contributed by atoms with van der Waals surface area (Å²) in [4.78, 5) is 13.1. The molecule has 0 amide bonds. The van der Waals surface area contributed by atoms with Crippen LogP contribution in [0.25, 0.3) is 0 Å². The van der Waals surface area contributed by atoms with Gasteiger partial charge in [0.15, 0.2) is 9.84 Å². The van der Waals surface area contributed by atoms with Crippen LogP contribution in [0.15, 0.2) is 35.3 Å². The van der Waals surface area contributed by atoms with Crippen molar-refractivity contribution in [2.75, 3.05) is 41.4 Å². The standard InChI is InChI=1S/C16H21N5O3S/c1-20(8-12-3-7-24-9-12)16-18-4-2-15(19-16)21-6-5-17-13-10-25(22,23)11-14(13)21/h2-4,7,9,13-14,17H,5-6,8,10-11H2,1H3/t13-,14+/m0/s1. The number of anilines is 2. The van der Waals surface area contributed by atoms with E-state index in [0.717, 1.165) is 24.5 Å². The van der Waals surface area contributed by atoms with Crippen molar-refractivity contribution < 1.29 is 12.8 Å². The molecule has 8 nitrogen and oxygen atoms in total. The summed E-state index contributed by atoms with van der Waals surface area (Å²) >= 11 is 0. The zero-order valence-electron chi connectivity index (χ0n) is 14.0. The fourth-order valence-corrected chi connectivity index (χ4v) is 5.52. The highest BCUT2D eigenvalue weighted by Crippen LogP contribution is 2.26. The van der Waals surface area contributed by atoms with Crippen molar-refractivity contribution in [1.29, 1.82) is 0 Å². The fraction of sp³-hybridized carbons (Fsp3) is 0.500. The van der Waals surface area contributed by atoms with Gasteiger partial charge in [0.2, 0.25) is 5.95 Å². The van der Waals surface area contributed by atoms with Gasteiger partial charge in [-0.1, -0.05) is 0 Å². The van der Waals surface area contributed by atoms with Gasteiger partial charge in [-0.2, -0.15) is 4.98 Å². The van der Waals surface area contributed by atoms with E-state index in [-0.39, 0.29) is 23.6 Å². The SMILES string of the molecule is CN(Cc1ccoc1)c1nccc(N2CCN[C@H]3CS(=O)(=O)C[C@H]32)n1. The number of rotatable bonds is 4. The maximum Gasteiger partial charge on any atom is 0.227 e. The molecule has 0 aliphatic carbocycles. The van der Waals surface area contributed by atoms with Crippen LogP contribution in [0, 0.1) is 0 Å². The molecule has 0 saturated carbocycles. The highest BCUT2D eigenvalue weighted by atomic mass is 32.2. The van der Waals surface area contributed by atoms with Crippen molar-refractivity contribution in [3.05, 3.63) is 36.4 Å². The Hall–Kier alpha value is -2.13. The van der Waals surface area contributed by atoms with Crippen LogP contribution in [0.4, 0.5) is 11.8 Å². The van der Waals surface area contributed by atoms with Gasteiger partial charge in [-0.3, -0.25) is 0 Å². The molecule has 2 aromatic rings. The van der Waals surface area contributed by atoms with E-state index in [2.05, 4.69) is 20.2 Å².